The molecular weight excluding hydrogens is 234 g/mol. The van der Waals surface area contributed by atoms with Crippen LogP contribution in [0.15, 0.2) is 48.5 Å². The summed E-state index contributed by atoms with van der Waals surface area (Å²) in [6, 6.07) is 15.4. The average Bonchev–Trinajstić information content (AvgIpc) is 2.39. The molecule has 0 aliphatic carbocycles. The molecule has 0 saturated carbocycles. The zero-order valence-corrected chi connectivity index (χ0v) is 10.2. The van der Waals surface area contributed by atoms with E-state index < -0.39 is 0 Å². The summed E-state index contributed by atoms with van der Waals surface area (Å²) >= 11 is 6.00. The second-order valence-corrected chi connectivity index (χ2v) is 4.13. The van der Waals surface area contributed by atoms with Crippen LogP contribution in [0, 0.1) is 0 Å². The standard InChI is InChI=1S/C14H12ClNO/c1-16(12-5-3-2-4-6-12)13-8-7-11(10-17)14(15)9-13/h2-10H,1H3. The first-order chi connectivity index (χ1) is 8.22. The predicted molar refractivity (Wildman–Crippen MR) is 71.3 cm³/mol. The number of rotatable bonds is 3. The van der Waals surface area contributed by atoms with Crippen LogP contribution in [0.4, 0.5) is 11.4 Å². The van der Waals surface area contributed by atoms with E-state index in [0.717, 1.165) is 17.7 Å². The molecule has 0 spiro atoms. The van der Waals surface area contributed by atoms with Crippen LogP contribution in [0.3, 0.4) is 0 Å². The molecule has 86 valence electrons. The van der Waals surface area contributed by atoms with Crippen molar-refractivity contribution in [3.05, 3.63) is 59.1 Å². The SMILES string of the molecule is CN(c1ccccc1)c1ccc(C=O)c(Cl)c1. The normalized spacial score (nSPS) is 10.0. The van der Waals surface area contributed by atoms with Gasteiger partial charge >= 0.3 is 0 Å². The van der Waals surface area contributed by atoms with Crippen molar-refractivity contribution >= 4 is 29.3 Å². The quantitative estimate of drug-likeness (QED) is 0.764. The summed E-state index contributed by atoms with van der Waals surface area (Å²) in [7, 11) is 1.96. The molecule has 0 aromatic heterocycles. The highest BCUT2D eigenvalue weighted by molar-refractivity contribution is 6.33. The molecule has 0 bridgehead atoms. The zero-order chi connectivity index (χ0) is 12.3. The Labute approximate surface area is 105 Å². The first-order valence-corrected chi connectivity index (χ1v) is 5.63. The fraction of sp³-hybridized carbons (Fsp3) is 0.0714. The highest BCUT2D eigenvalue weighted by Gasteiger charge is 2.06. The third-order valence-corrected chi connectivity index (χ3v) is 2.97. The zero-order valence-electron chi connectivity index (χ0n) is 9.43. The summed E-state index contributed by atoms with van der Waals surface area (Å²) in [5.41, 5.74) is 2.53. The molecule has 0 aliphatic heterocycles. The van der Waals surface area contributed by atoms with Crippen LogP contribution in [0.1, 0.15) is 10.4 Å². The summed E-state index contributed by atoms with van der Waals surface area (Å²) in [5, 5.41) is 0.472. The Kier molecular flexibility index (Phi) is 3.45. The maximum Gasteiger partial charge on any atom is 0.151 e. The first-order valence-electron chi connectivity index (χ1n) is 5.26. The van der Waals surface area contributed by atoms with Gasteiger partial charge in [-0.15, -0.1) is 0 Å². The Bertz CT molecular complexity index is 525. The lowest BCUT2D eigenvalue weighted by Gasteiger charge is -2.19. The van der Waals surface area contributed by atoms with Crippen LogP contribution in [-0.4, -0.2) is 13.3 Å². The molecule has 2 aromatic carbocycles. The van der Waals surface area contributed by atoms with Crippen LogP contribution in [0.5, 0.6) is 0 Å². The molecule has 17 heavy (non-hydrogen) atoms. The van der Waals surface area contributed by atoms with Gasteiger partial charge in [0.15, 0.2) is 6.29 Å². The van der Waals surface area contributed by atoms with Crippen LogP contribution in [0.2, 0.25) is 5.02 Å². The van der Waals surface area contributed by atoms with Gasteiger partial charge < -0.3 is 4.90 Å². The van der Waals surface area contributed by atoms with Crippen LogP contribution in [0.25, 0.3) is 0 Å². The lowest BCUT2D eigenvalue weighted by atomic mass is 10.2. The number of aldehydes is 1. The Hall–Kier alpha value is -1.80. The van der Waals surface area contributed by atoms with Gasteiger partial charge in [0.05, 0.1) is 5.02 Å². The number of hydrogen-bond donors (Lipinski definition) is 0. The van der Waals surface area contributed by atoms with Gasteiger partial charge in [-0.3, -0.25) is 4.79 Å². The monoisotopic (exact) mass is 245 g/mol. The van der Waals surface area contributed by atoms with Crippen molar-refractivity contribution in [2.24, 2.45) is 0 Å². The van der Waals surface area contributed by atoms with Gasteiger partial charge in [-0.2, -0.15) is 0 Å². The molecule has 0 amide bonds. The van der Waals surface area contributed by atoms with Gasteiger partial charge in [-0.1, -0.05) is 29.8 Å². The molecule has 0 N–H and O–H groups in total. The van der Waals surface area contributed by atoms with E-state index in [1.807, 2.05) is 48.3 Å². The number of carbonyl (C=O) groups is 1. The van der Waals surface area contributed by atoms with Crippen molar-refractivity contribution in [3.63, 3.8) is 0 Å². The minimum Gasteiger partial charge on any atom is -0.345 e. The molecule has 0 aliphatic rings. The van der Waals surface area contributed by atoms with Gasteiger partial charge in [0, 0.05) is 24.0 Å². The molecule has 0 unspecified atom stereocenters. The van der Waals surface area contributed by atoms with Crippen molar-refractivity contribution in [3.8, 4) is 0 Å². The van der Waals surface area contributed by atoms with Crippen molar-refractivity contribution in [2.75, 3.05) is 11.9 Å². The van der Waals surface area contributed by atoms with Gasteiger partial charge in [0.25, 0.3) is 0 Å². The van der Waals surface area contributed by atoms with E-state index in [2.05, 4.69) is 0 Å². The molecule has 0 fully saturated rings. The van der Waals surface area contributed by atoms with E-state index in [4.69, 9.17) is 11.6 Å². The Morgan fingerprint density at radius 2 is 1.76 bits per heavy atom. The van der Waals surface area contributed by atoms with Crippen molar-refractivity contribution < 1.29 is 4.79 Å². The first kappa shape index (κ1) is 11.7. The summed E-state index contributed by atoms with van der Waals surface area (Å²) in [6.45, 7) is 0. The van der Waals surface area contributed by atoms with Crippen molar-refractivity contribution in [1.82, 2.24) is 0 Å². The summed E-state index contributed by atoms with van der Waals surface area (Å²) in [5.74, 6) is 0. The molecular formula is C14H12ClNO. The number of halogens is 1. The number of hydrogen-bond acceptors (Lipinski definition) is 2. The maximum absolute atomic E-state index is 10.7. The molecule has 2 rings (SSSR count). The predicted octanol–water partition coefficient (Wildman–Crippen LogP) is 3.92. The van der Waals surface area contributed by atoms with E-state index >= 15 is 0 Å². The largest absolute Gasteiger partial charge is 0.345 e. The van der Waals surface area contributed by atoms with E-state index in [1.165, 1.54) is 0 Å². The number of benzene rings is 2. The highest BCUT2D eigenvalue weighted by Crippen LogP contribution is 2.27. The summed E-state index contributed by atoms with van der Waals surface area (Å²) in [4.78, 5) is 12.7. The van der Waals surface area contributed by atoms with Gasteiger partial charge in [-0.25, -0.2) is 0 Å². The maximum atomic E-state index is 10.7. The van der Waals surface area contributed by atoms with Crippen LogP contribution < -0.4 is 4.90 Å². The Balaban J connectivity index is 2.35. The topological polar surface area (TPSA) is 20.3 Å². The van der Waals surface area contributed by atoms with Gasteiger partial charge in [-0.05, 0) is 30.3 Å². The molecule has 0 heterocycles. The van der Waals surface area contributed by atoms with Crippen LogP contribution in [-0.2, 0) is 0 Å². The lowest BCUT2D eigenvalue weighted by molar-refractivity contribution is 0.112. The summed E-state index contributed by atoms with van der Waals surface area (Å²) < 4.78 is 0. The van der Waals surface area contributed by atoms with E-state index in [1.54, 1.807) is 12.1 Å². The third kappa shape index (κ3) is 2.48. The summed E-state index contributed by atoms with van der Waals surface area (Å²) in [6.07, 6.45) is 0.759. The van der Waals surface area contributed by atoms with Crippen LogP contribution >= 0.6 is 11.6 Å². The minimum absolute atomic E-state index is 0.472. The Morgan fingerprint density at radius 1 is 1.06 bits per heavy atom. The van der Waals surface area contributed by atoms with Gasteiger partial charge in [0.2, 0.25) is 0 Å². The molecule has 0 atom stereocenters. The number of anilines is 2. The van der Waals surface area contributed by atoms with Crippen molar-refractivity contribution in [1.29, 1.82) is 0 Å². The smallest absolute Gasteiger partial charge is 0.151 e. The van der Waals surface area contributed by atoms with E-state index in [9.17, 15) is 4.79 Å². The number of nitrogens with zero attached hydrogens (tertiary/aromatic N) is 1. The molecule has 3 heteroatoms. The average molecular weight is 246 g/mol. The van der Waals surface area contributed by atoms with Crippen molar-refractivity contribution in [2.45, 2.75) is 0 Å². The van der Waals surface area contributed by atoms with Gasteiger partial charge in [0.1, 0.15) is 0 Å². The van der Waals surface area contributed by atoms with E-state index in [0.29, 0.717) is 10.6 Å². The molecule has 0 saturated heterocycles. The highest BCUT2D eigenvalue weighted by atomic mass is 35.5. The fourth-order valence-electron chi connectivity index (χ4n) is 1.62. The number of carbonyl (C=O) groups excluding carboxylic acids is 1. The second-order valence-electron chi connectivity index (χ2n) is 3.72. The Morgan fingerprint density at radius 3 is 2.35 bits per heavy atom. The second kappa shape index (κ2) is 5.02. The fourth-order valence-corrected chi connectivity index (χ4v) is 1.84. The van der Waals surface area contributed by atoms with E-state index in [-0.39, 0.29) is 0 Å². The molecule has 2 aromatic rings. The third-order valence-electron chi connectivity index (χ3n) is 2.64. The minimum atomic E-state index is 0.472. The lowest BCUT2D eigenvalue weighted by Crippen LogP contribution is -2.09. The molecule has 0 radical (unpaired) electrons. The number of para-hydroxylation sites is 1. The molecule has 2 nitrogen and oxygen atoms in total.